The number of likely N-dealkylation sites (tertiary alicyclic amines) is 1. The highest BCUT2D eigenvalue weighted by Gasteiger charge is 2.26. The van der Waals surface area contributed by atoms with Gasteiger partial charge in [-0.1, -0.05) is 18.2 Å². The third-order valence-electron chi connectivity index (χ3n) is 4.99. The van der Waals surface area contributed by atoms with E-state index >= 15 is 0 Å². The Morgan fingerprint density at radius 1 is 1.17 bits per heavy atom. The maximum absolute atomic E-state index is 12.4. The van der Waals surface area contributed by atoms with E-state index in [1.54, 1.807) is 0 Å². The van der Waals surface area contributed by atoms with E-state index in [1.807, 2.05) is 36.9 Å². The normalized spacial score (nSPS) is 18.2. The van der Waals surface area contributed by atoms with Gasteiger partial charge in [-0.15, -0.1) is 12.4 Å². The van der Waals surface area contributed by atoms with Crippen LogP contribution in [0.1, 0.15) is 36.8 Å². The summed E-state index contributed by atoms with van der Waals surface area (Å²) in [6.45, 7) is 7.03. The molecule has 0 unspecified atom stereocenters. The molecule has 134 valence electrons. The van der Waals surface area contributed by atoms with Gasteiger partial charge in [-0.2, -0.15) is 0 Å². The molecule has 1 amide bonds. The molecule has 2 fully saturated rings. The standard InChI is InChI=1S/C19H28N2O2.ClH/c1-14-4-3-5-15(2)19(14)23-13-18(22)21-10-8-17(9-11-21)20-12-16-6-7-16;/h3-5,16-17,20H,6-13H2,1-2H3;1H. The first-order chi connectivity index (χ1) is 11.1. The van der Waals surface area contributed by atoms with Crippen LogP contribution in [-0.4, -0.2) is 43.1 Å². The van der Waals surface area contributed by atoms with E-state index < -0.39 is 0 Å². The summed E-state index contributed by atoms with van der Waals surface area (Å²) in [5.74, 6) is 1.87. The van der Waals surface area contributed by atoms with Crippen molar-refractivity contribution < 1.29 is 9.53 Å². The summed E-state index contributed by atoms with van der Waals surface area (Å²) in [6.07, 6.45) is 4.89. The number of ether oxygens (including phenoxy) is 1. The topological polar surface area (TPSA) is 41.6 Å². The van der Waals surface area contributed by atoms with Crippen LogP contribution in [0.3, 0.4) is 0 Å². The van der Waals surface area contributed by atoms with Gasteiger partial charge in [0.1, 0.15) is 5.75 Å². The number of aryl methyl sites for hydroxylation is 2. The average Bonchev–Trinajstić information content (AvgIpc) is 3.37. The first-order valence-electron chi connectivity index (χ1n) is 8.83. The Morgan fingerprint density at radius 2 is 1.79 bits per heavy atom. The fourth-order valence-corrected chi connectivity index (χ4v) is 3.24. The Hall–Kier alpha value is -1.26. The van der Waals surface area contributed by atoms with Gasteiger partial charge >= 0.3 is 0 Å². The quantitative estimate of drug-likeness (QED) is 0.855. The molecule has 1 saturated heterocycles. The second kappa shape index (κ2) is 8.72. The summed E-state index contributed by atoms with van der Waals surface area (Å²) in [4.78, 5) is 14.3. The molecule has 4 nitrogen and oxygen atoms in total. The molecule has 5 heteroatoms. The van der Waals surface area contributed by atoms with Crippen molar-refractivity contribution in [3.8, 4) is 5.75 Å². The van der Waals surface area contributed by atoms with Crippen molar-refractivity contribution in [2.45, 2.75) is 45.6 Å². The molecule has 1 N–H and O–H groups in total. The Bertz CT molecular complexity index is 532. The molecule has 1 aromatic rings. The largest absolute Gasteiger partial charge is 0.483 e. The maximum atomic E-state index is 12.4. The molecule has 1 aliphatic carbocycles. The summed E-state index contributed by atoms with van der Waals surface area (Å²) >= 11 is 0. The third kappa shape index (κ3) is 5.12. The van der Waals surface area contributed by atoms with Gasteiger partial charge < -0.3 is 15.0 Å². The van der Waals surface area contributed by atoms with E-state index in [1.165, 1.54) is 12.8 Å². The maximum Gasteiger partial charge on any atom is 0.260 e. The number of halogens is 1. The van der Waals surface area contributed by atoms with Crippen LogP contribution in [0.25, 0.3) is 0 Å². The lowest BCUT2D eigenvalue weighted by Crippen LogP contribution is -2.46. The molecular weight excluding hydrogens is 324 g/mol. The number of carbonyl (C=O) groups excluding carboxylic acids is 1. The van der Waals surface area contributed by atoms with Crippen molar-refractivity contribution in [1.29, 1.82) is 0 Å². The lowest BCUT2D eigenvalue weighted by Gasteiger charge is -2.32. The lowest BCUT2D eigenvalue weighted by molar-refractivity contribution is -0.134. The van der Waals surface area contributed by atoms with E-state index in [9.17, 15) is 4.79 Å². The minimum atomic E-state index is 0. The molecular formula is C19H29ClN2O2. The summed E-state index contributed by atoms with van der Waals surface area (Å²) < 4.78 is 5.79. The molecule has 1 heterocycles. The van der Waals surface area contributed by atoms with E-state index in [4.69, 9.17) is 4.74 Å². The van der Waals surface area contributed by atoms with Gasteiger partial charge in [-0.3, -0.25) is 4.79 Å². The first-order valence-corrected chi connectivity index (χ1v) is 8.83. The van der Waals surface area contributed by atoms with Gasteiger partial charge in [0.2, 0.25) is 0 Å². The zero-order valence-electron chi connectivity index (χ0n) is 14.7. The lowest BCUT2D eigenvalue weighted by atomic mass is 10.0. The highest BCUT2D eigenvalue weighted by atomic mass is 35.5. The zero-order valence-corrected chi connectivity index (χ0v) is 15.5. The Labute approximate surface area is 151 Å². The van der Waals surface area contributed by atoms with Crippen LogP contribution in [0.4, 0.5) is 0 Å². The molecule has 3 rings (SSSR count). The number of nitrogens with zero attached hydrogens (tertiary/aromatic N) is 1. The average molecular weight is 353 g/mol. The summed E-state index contributed by atoms with van der Waals surface area (Å²) in [6, 6.07) is 6.63. The third-order valence-corrected chi connectivity index (χ3v) is 4.99. The van der Waals surface area contributed by atoms with Crippen LogP contribution in [0, 0.1) is 19.8 Å². The van der Waals surface area contributed by atoms with Gasteiger partial charge in [0.25, 0.3) is 5.91 Å². The van der Waals surface area contributed by atoms with Gasteiger partial charge in [0.05, 0.1) is 0 Å². The number of hydrogen-bond donors (Lipinski definition) is 1. The zero-order chi connectivity index (χ0) is 16.2. The second-order valence-electron chi connectivity index (χ2n) is 7.02. The van der Waals surface area contributed by atoms with Crippen LogP contribution in [0.15, 0.2) is 18.2 Å². The van der Waals surface area contributed by atoms with Crippen molar-refractivity contribution in [3.05, 3.63) is 29.3 Å². The van der Waals surface area contributed by atoms with Crippen molar-refractivity contribution in [3.63, 3.8) is 0 Å². The second-order valence-corrected chi connectivity index (χ2v) is 7.02. The summed E-state index contributed by atoms with van der Waals surface area (Å²) in [7, 11) is 0. The number of benzene rings is 1. The van der Waals surface area contributed by atoms with Crippen LogP contribution in [0.2, 0.25) is 0 Å². The molecule has 1 aliphatic heterocycles. The minimum absolute atomic E-state index is 0. The number of rotatable bonds is 6. The van der Waals surface area contributed by atoms with Gasteiger partial charge in [-0.25, -0.2) is 0 Å². The number of amides is 1. The highest BCUT2D eigenvalue weighted by molar-refractivity contribution is 5.85. The first kappa shape index (κ1) is 19.1. The fraction of sp³-hybridized carbons (Fsp3) is 0.632. The van der Waals surface area contributed by atoms with Crippen molar-refractivity contribution in [2.24, 2.45) is 5.92 Å². The molecule has 0 bridgehead atoms. The smallest absolute Gasteiger partial charge is 0.260 e. The minimum Gasteiger partial charge on any atom is -0.483 e. The number of para-hydroxylation sites is 1. The number of nitrogens with one attached hydrogen (secondary N) is 1. The molecule has 24 heavy (non-hydrogen) atoms. The molecule has 1 aromatic carbocycles. The molecule has 2 aliphatic rings. The van der Waals surface area contributed by atoms with E-state index in [0.29, 0.717) is 6.04 Å². The van der Waals surface area contributed by atoms with Gasteiger partial charge in [-0.05, 0) is 63.1 Å². The Kier molecular flexibility index (Phi) is 6.93. The predicted molar refractivity (Wildman–Crippen MR) is 99.0 cm³/mol. The fourth-order valence-electron chi connectivity index (χ4n) is 3.24. The van der Waals surface area contributed by atoms with Gasteiger partial charge in [0, 0.05) is 19.1 Å². The number of carbonyl (C=O) groups is 1. The van der Waals surface area contributed by atoms with Gasteiger partial charge in [0.15, 0.2) is 6.61 Å². The number of hydrogen-bond acceptors (Lipinski definition) is 3. The molecule has 0 radical (unpaired) electrons. The molecule has 0 aromatic heterocycles. The highest BCUT2D eigenvalue weighted by Crippen LogP contribution is 2.28. The van der Waals surface area contributed by atoms with Crippen LogP contribution < -0.4 is 10.1 Å². The van der Waals surface area contributed by atoms with Crippen LogP contribution in [0.5, 0.6) is 5.75 Å². The molecule has 1 saturated carbocycles. The van der Waals surface area contributed by atoms with E-state index in [2.05, 4.69) is 5.32 Å². The SMILES string of the molecule is Cc1cccc(C)c1OCC(=O)N1CCC(NCC2CC2)CC1.Cl. The van der Waals surface area contributed by atoms with Crippen molar-refractivity contribution in [2.75, 3.05) is 26.2 Å². The van der Waals surface area contributed by atoms with Crippen LogP contribution >= 0.6 is 12.4 Å². The Balaban J connectivity index is 0.00000208. The van der Waals surface area contributed by atoms with E-state index in [0.717, 1.165) is 55.3 Å². The van der Waals surface area contributed by atoms with Crippen LogP contribution in [-0.2, 0) is 4.79 Å². The van der Waals surface area contributed by atoms with Crippen molar-refractivity contribution >= 4 is 18.3 Å². The summed E-state index contributed by atoms with van der Waals surface area (Å²) in [5, 5.41) is 3.65. The number of piperidine rings is 1. The summed E-state index contributed by atoms with van der Waals surface area (Å²) in [5.41, 5.74) is 2.17. The Morgan fingerprint density at radius 3 is 2.38 bits per heavy atom. The molecule has 0 spiro atoms. The monoisotopic (exact) mass is 352 g/mol. The molecule has 0 atom stereocenters. The van der Waals surface area contributed by atoms with Crippen molar-refractivity contribution in [1.82, 2.24) is 10.2 Å². The predicted octanol–water partition coefficient (Wildman–Crippen LogP) is 3.09. The van der Waals surface area contributed by atoms with E-state index in [-0.39, 0.29) is 24.9 Å².